The lowest BCUT2D eigenvalue weighted by Crippen LogP contribution is -2.57. The van der Waals surface area contributed by atoms with Gasteiger partial charge in [0.1, 0.15) is 11.5 Å². The third-order valence-corrected chi connectivity index (χ3v) is 5.79. The molecule has 2 aromatic rings. The van der Waals surface area contributed by atoms with Crippen molar-refractivity contribution in [3.63, 3.8) is 0 Å². The third-order valence-electron chi connectivity index (χ3n) is 5.79. The molecule has 0 aromatic carbocycles. The Kier molecular flexibility index (Phi) is 4.96. The molecule has 6 heteroatoms. The van der Waals surface area contributed by atoms with E-state index in [1.807, 2.05) is 26.0 Å². The molecular weight excluding hydrogens is 330 g/mol. The van der Waals surface area contributed by atoms with E-state index in [0.717, 1.165) is 62.7 Å². The lowest BCUT2D eigenvalue weighted by molar-refractivity contribution is -0.140. The molecule has 2 saturated heterocycles. The van der Waals surface area contributed by atoms with Crippen LogP contribution in [0.2, 0.25) is 0 Å². The van der Waals surface area contributed by atoms with Crippen molar-refractivity contribution < 1.29 is 14.0 Å². The highest BCUT2D eigenvalue weighted by atomic mass is 16.5. The summed E-state index contributed by atoms with van der Waals surface area (Å²) < 4.78 is 17.6. The van der Waals surface area contributed by atoms with Crippen LogP contribution in [0.1, 0.15) is 36.3 Å². The molecule has 4 rings (SSSR count). The van der Waals surface area contributed by atoms with Crippen LogP contribution in [0.15, 0.2) is 29.0 Å². The number of rotatable bonds is 5. The fourth-order valence-corrected chi connectivity index (χ4v) is 4.34. The topological polar surface area (TPSA) is 60.6 Å². The summed E-state index contributed by atoms with van der Waals surface area (Å²) in [6.45, 7) is 8.43. The minimum atomic E-state index is 0.0331. The van der Waals surface area contributed by atoms with Crippen molar-refractivity contribution in [3.8, 4) is 5.75 Å². The summed E-state index contributed by atoms with van der Waals surface area (Å²) in [5, 5.41) is 4.10. The summed E-state index contributed by atoms with van der Waals surface area (Å²) in [5.74, 6) is 1.75. The number of aromatic nitrogens is 2. The van der Waals surface area contributed by atoms with E-state index in [9.17, 15) is 0 Å². The summed E-state index contributed by atoms with van der Waals surface area (Å²) in [7, 11) is 0. The lowest BCUT2D eigenvalue weighted by atomic mass is 9.73. The maximum Gasteiger partial charge on any atom is 0.138 e. The first kappa shape index (κ1) is 17.5. The van der Waals surface area contributed by atoms with Crippen LogP contribution < -0.4 is 4.74 Å². The predicted molar refractivity (Wildman–Crippen MR) is 97.0 cm³/mol. The molecule has 2 fully saturated rings. The van der Waals surface area contributed by atoms with E-state index >= 15 is 0 Å². The Morgan fingerprint density at radius 3 is 3.08 bits per heavy atom. The third kappa shape index (κ3) is 3.48. The van der Waals surface area contributed by atoms with Gasteiger partial charge in [0.05, 0.1) is 24.6 Å². The second-order valence-corrected chi connectivity index (χ2v) is 7.60. The molecule has 0 unspecified atom stereocenters. The van der Waals surface area contributed by atoms with E-state index in [1.165, 1.54) is 5.56 Å². The number of ether oxygens (including phenoxy) is 2. The van der Waals surface area contributed by atoms with Gasteiger partial charge in [-0.2, -0.15) is 0 Å². The Bertz CT molecular complexity index is 714. The van der Waals surface area contributed by atoms with Crippen LogP contribution in [0.4, 0.5) is 0 Å². The summed E-state index contributed by atoms with van der Waals surface area (Å²) in [6, 6.07) is 3.87. The minimum Gasteiger partial charge on any atom is -0.491 e. The zero-order valence-electron chi connectivity index (χ0n) is 15.6. The molecule has 26 heavy (non-hydrogen) atoms. The number of fused-ring (bicyclic) bond motifs is 1. The van der Waals surface area contributed by atoms with E-state index in [2.05, 4.69) is 15.0 Å². The van der Waals surface area contributed by atoms with Crippen molar-refractivity contribution in [2.24, 2.45) is 5.41 Å². The maximum absolute atomic E-state index is 6.15. The SMILES string of the molecule is Cc1noc(C)c1CN1CC[C@H]2OCCC[C@]2(COc2cccnc2)C1. The van der Waals surface area contributed by atoms with Crippen LogP contribution in [0.25, 0.3) is 0 Å². The Labute approximate surface area is 154 Å². The normalized spacial score (nSPS) is 26.5. The van der Waals surface area contributed by atoms with Gasteiger partial charge in [0.2, 0.25) is 0 Å². The molecule has 0 N–H and O–H groups in total. The molecule has 4 heterocycles. The minimum absolute atomic E-state index is 0.0331. The first-order valence-corrected chi connectivity index (χ1v) is 9.45. The van der Waals surface area contributed by atoms with E-state index in [4.69, 9.17) is 14.0 Å². The highest BCUT2D eigenvalue weighted by Crippen LogP contribution is 2.41. The maximum atomic E-state index is 6.15. The molecule has 2 aliphatic rings. The number of aryl methyl sites for hydroxylation is 2. The van der Waals surface area contributed by atoms with Gasteiger partial charge < -0.3 is 14.0 Å². The fraction of sp³-hybridized carbons (Fsp3) is 0.600. The summed E-state index contributed by atoms with van der Waals surface area (Å²) in [5.41, 5.74) is 2.24. The van der Waals surface area contributed by atoms with E-state index < -0.39 is 0 Å². The quantitative estimate of drug-likeness (QED) is 0.819. The van der Waals surface area contributed by atoms with Gasteiger partial charge in [-0.25, -0.2) is 0 Å². The van der Waals surface area contributed by atoms with E-state index in [-0.39, 0.29) is 11.5 Å². The van der Waals surface area contributed by atoms with Gasteiger partial charge in [-0.15, -0.1) is 0 Å². The molecule has 0 amide bonds. The van der Waals surface area contributed by atoms with Gasteiger partial charge in [-0.1, -0.05) is 5.16 Å². The van der Waals surface area contributed by atoms with Gasteiger partial charge in [0.15, 0.2) is 0 Å². The lowest BCUT2D eigenvalue weighted by Gasteiger charge is -2.50. The smallest absolute Gasteiger partial charge is 0.138 e. The Hall–Kier alpha value is -1.92. The van der Waals surface area contributed by atoms with Crippen LogP contribution in [0.3, 0.4) is 0 Å². The number of likely N-dealkylation sites (tertiary alicyclic amines) is 1. The van der Waals surface area contributed by atoms with Crippen LogP contribution in [0.5, 0.6) is 5.75 Å². The standard InChI is InChI=1S/C20H27N3O3/c1-15-18(16(2)26-22-15)12-23-9-6-19-20(13-23,7-4-10-24-19)14-25-17-5-3-8-21-11-17/h3,5,8,11,19H,4,6-7,9-10,12-14H2,1-2H3/t19-,20-/m1/s1. The molecule has 2 aromatic heterocycles. The Morgan fingerprint density at radius 2 is 2.31 bits per heavy atom. The summed E-state index contributed by atoms with van der Waals surface area (Å²) >= 11 is 0. The molecule has 2 aliphatic heterocycles. The molecule has 0 saturated carbocycles. The average Bonchev–Trinajstić information content (AvgIpc) is 2.99. The van der Waals surface area contributed by atoms with Crippen LogP contribution >= 0.6 is 0 Å². The molecule has 2 atom stereocenters. The second kappa shape index (κ2) is 7.37. The highest BCUT2D eigenvalue weighted by Gasteiger charge is 2.46. The molecule has 0 bridgehead atoms. The van der Waals surface area contributed by atoms with Gasteiger partial charge >= 0.3 is 0 Å². The van der Waals surface area contributed by atoms with Crippen LogP contribution in [-0.2, 0) is 11.3 Å². The summed E-state index contributed by atoms with van der Waals surface area (Å²) in [4.78, 5) is 6.65. The van der Waals surface area contributed by atoms with Crippen molar-refractivity contribution >= 4 is 0 Å². The van der Waals surface area contributed by atoms with Gasteiger partial charge in [-0.05, 0) is 45.2 Å². The summed E-state index contributed by atoms with van der Waals surface area (Å²) in [6.07, 6.45) is 7.08. The first-order chi connectivity index (χ1) is 12.7. The predicted octanol–water partition coefficient (Wildman–Crippen LogP) is 3.14. The number of hydrogen-bond acceptors (Lipinski definition) is 6. The van der Waals surface area contributed by atoms with Crippen LogP contribution in [0, 0.1) is 19.3 Å². The van der Waals surface area contributed by atoms with Crippen molar-refractivity contribution in [1.82, 2.24) is 15.0 Å². The Balaban J connectivity index is 1.49. The second-order valence-electron chi connectivity index (χ2n) is 7.60. The van der Waals surface area contributed by atoms with Crippen molar-refractivity contribution in [2.45, 2.75) is 45.8 Å². The molecule has 140 valence electrons. The fourth-order valence-electron chi connectivity index (χ4n) is 4.34. The number of piperidine rings is 1. The Morgan fingerprint density at radius 1 is 1.38 bits per heavy atom. The van der Waals surface area contributed by atoms with Gasteiger partial charge in [0.25, 0.3) is 0 Å². The molecule has 6 nitrogen and oxygen atoms in total. The molecule has 0 radical (unpaired) electrons. The average molecular weight is 357 g/mol. The van der Waals surface area contributed by atoms with Crippen molar-refractivity contribution in [1.29, 1.82) is 0 Å². The molecule has 0 spiro atoms. The zero-order valence-corrected chi connectivity index (χ0v) is 15.6. The largest absolute Gasteiger partial charge is 0.491 e. The molecule has 0 aliphatic carbocycles. The highest BCUT2D eigenvalue weighted by molar-refractivity contribution is 5.21. The van der Waals surface area contributed by atoms with Crippen molar-refractivity contribution in [3.05, 3.63) is 41.5 Å². The van der Waals surface area contributed by atoms with Crippen molar-refractivity contribution in [2.75, 3.05) is 26.3 Å². The first-order valence-electron chi connectivity index (χ1n) is 9.45. The number of hydrogen-bond donors (Lipinski definition) is 0. The monoisotopic (exact) mass is 357 g/mol. The van der Waals surface area contributed by atoms with E-state index in [1.54, 1.807) is 12.4 Å². The zero-order chi connectivity index (χ0) is 18.0. The van der Waals surface area contributed by atoms with Gasteiger partial charge in [-0.3, -0.25) is 9.88 Å². The number of pyridine rings is 1. The number of nitrogens with zero attached hydrogens (tertiary/aromatic N) is 3. The van der Waals surface area contributed by atoms with Crippen LogP contribution in [-0.4, -0.2) is 47.4 Å². The van der Waals surface area contributed by atoms with Gasteiger partial charge in [0, 0.05) is 43.4 Å². The molecular formula is C20H27N3O3. The van der Waals surface area contributed by atoms with E-state index in [0.29, 0.717) is 6.61 Å².